The van der Waals surface area contributed by atoms with Crippen LogP contribution in [0.4, 0.5) is 0 Å². The largest absolute Gasteiger partial charge is 0.747 e. The van der Waals surface area contributed by atoms with Crippen LogP contribution >= 0.6 is 0 Å². The Morgan fingerprint density at radius 1 is 0.913 bits per heavy atom. The van der Waals surface area contributed by atoms with E-state index in [1.807, 2.05) is 14.1 Å². The standard InChI is InChI=1S/C17H37NO4S/c1-4-5-6-7-8-9-10-11-12-13-14-18(2,3)15-17(16-19)23(20,21)22/h17,19H,4-16H2,1-3H3. The maximum atomic E-state index is 11.1. The highest BCUT2D eigenvalue weighted by molar-refractivity contribution is 7.86. The number of aliphatic hydroxyl groups excluding tert-OH is 1. The molecule has 0 heterocycles. The Kier molecular flexibility index (Phi) is 12.1. The van der Waals surface area contributed by atoms with Gasteiger partial charge >= 0.3 is 0 Å². The van der Waals surface area contributed by atoms with E-state index in [2.05, 4.69) is 6.92 Å². The van der Waals surface area contributed by atoms with Crippen molar-refractivity contribution in [3.05, 3.63) is 0 Å². The van der Waals surface area contributed by atoms with Crippen molar-refractivity contribution in [3.63, 3.8) is 0 Å². The molecule has 0 aromatic rings. The van der Waals surface area contributed by atoms with Crippen molar-refractivity contribution in [2.75, 3.05) is 33.8 Å². The maximum absolute atomic E-state index is 11.1. The van der Waals surface area contributed by atoms with Gasteiger partial charge in [-0.25, -0.2) is 8.42 Å². The van der Waals surface area contributed by atoms with Crippen molar-refractivity contribution in [1.29, 1.82) is 0 Å². The number of quaternary nitrogens is 1. The number of hydrogen-bond donors (Lipinski definition) is 1. The van der Waals surface area contributed by atoms with Crippen LogP contribution in [-0.4, -0.2) is 61.6 Å². The Morgan fingerprint density at radius 2 is 1.35 bits per heavy atom. The fourth-order valence-electron chi connectivity index (χ4n) is 2.91. The predicted molar refractivity (Wildman–Crippen MR) is 94.3 cm³/mol. The summed E-state index contributed by atoms with van der Waals surface area (Å²) in [5.74, 6) is 0. The Hall–Kier alpha value is -0.170. The molecule has 6 heteroatoms. The van der Waals surface area contributed by atoms with Gasteiger partial charge in [0, 0.05) is 0 Å². The zero-order valence-corrected chi connectivity index (χ0v) is 16.1. The molecule has 0 saturated heterocycles. The van der Waals surface area contributed by atoms with E-state index in [4.69, 9.17) is 5.11 Å². The van der Waals surface area contributed by atoms with Crippen molar-refractivity contribution in [2.45, 2.75) is 76.4 Å². The first-order valence-corrected chi connectivity index (χ1v) is 10.6. The lowest BCUT2D eigenvalue weighted by atomic mass is 10.1. The van der Waals surface area contributed by atoms with Crippen LogP contribution in [0.3, 0.4) is 0 Å². The van der Waals surface area contributed by atoms with Gasteiger partial charge in [-0.05, 0) is 12.8 Å². The number of nitrogens with zero attached hydrogens (tertiary/aromatic N) is 1. The second kappa shape index (κ2) is 12.2. The highest BCUT2D eigenvalue weighted by Gasteiger charge is 2.25. The molecule has 0 aromatic carbocycles. The van der Waals surface area contributed by atoms with Gasteiger partial charge in [-0.3, -0.25) is 0 Å². The molecule has 0 aliphatic carbocycles. The van der Waals surface area contributed by atoms with E-state index in [-0.39, 0.29) is 6.54 Å². The van der Waals surface area contributed by atoms with Crippen molar-refractivity contribution in [3.8, 4) is 0 Å². The highest BCUT2D eigenvalue weighted by atomic mass is 32.2. The lowest BCUT2D eigenvalue weighted by Gasteiger charge is -2.33. The topological polar surface area (TPSA) is 77.4 Å². The van der Waals surface area contributed by atoms with E-state index >= 15 is 0 Å². The monoisotopic (exact) mass is 351 g/mol. The third-order valence-corrected chi connectivity index (χ3v) is 5.54. The van der Waals surface area contributed by atoms with E-state index in [1.54, 1.807) is 0 Å². The number of aliphatic hydroxyl groups is 1. The van der Waals surface area contributed by atoms with Crippen LogP contribution in [0.25, 0.3) is 0 Å². The van der Waals surface area contributed by atoms with Crippen LogP contribution < -0.4 is 0 Å². The zero-order chi connectivity index (χ0) is 17.8. The highest BCUT2D eigenvalue weighted by Crippen LogP contribution is 2.13. The Labute approximate surface area is 143 Å². The SMILES string of the molecule is CCCCCCCCCCCC[N+](C)(C)CC(CO)S(=O)(=O)[O-]. The predicted octanol–water partition coefficient (Wildman–Crippen LogP) is 2.89. The van der Waals surface area contributed by atoms with E-state index in [9.17, 15) is 13.0 Å². The maximum Gasteiger partial charge on any atom is 0.121 e. The van der Waals surface area contributed by atoms with Crippen molar-refractivity contribution < 1.29 is 22.6 Å². The van der Waals surface area contributed by atoms with E-state index in [0.717, 1.165) is 19.4 Å². The van der Waals surface area contributed by atoms with Crippen molar-refractivity contribution >= 4 is 10.1 Å². The summed E-state index contributed by atoms with van der Waals surface area (Å²) in [4.78, 5) is 0. The molecule has 0 rings (SSSR count). The van der Waals surface area contributed by atoms with Gasteiger partial charge in [-0.1, -0.05) is 58.3 Å². The molecule has 0 fully saturated rings. The molecule has 0 spiro atoms. The summed E-state index contributed by atoms with van der Waals surface area (Å²) in [6.45, 7) is 2.66. The Bertz CT molecular complexity index is 382. The van der Waals surface area contributed by atoms with Gasteiger partial charge < -0.3 is 14.1 Å². The van der Waals surface area contributed by atoms with Crippen molar-refractivity contribution in [1.82, 2.24) is 0 Å². The second-order valence-electron chi connectivity index (χ2n) is 7.32. The Morgan fingerprint density at radius 3 is 1.74 bits per heavy atom. The molecule has 0 aliphatic rings. The molecule has 0 aromatic heterocycles. The summed E-state index contributed by atoms with van der Waals surface area (Å²) in [6.07, 6.45) is 12.7. The van der Waals surface area contributed by atoms with E-state index < -0.39 is 22.0 Å². The third kappa shape index (κ3) is 12.9. The number of rotatable bonds is 15. The van der Waals surface area contributed by atoms with E-state index in [0.29, 0.717) is 4.48 Å². The average molecular weight is 352 g/mol. The minimum Gasteiger partial charge on any atom is -0.747 e. The van der Waals surface area contributed by atoms with Gasteiger partial charge in [0.1, 0.15) is 15.4 Å². The third-order valence-electron chi connectivity index (χ3n) is 4.43. The van der Waals surface area contributed by atoms with E-state index in [1.165, 1.54) is 51.4 Å². The molecular formula is C17H37NO4S. The molecule has 0 aliphatic heterocycles. The first-order chi connectivity index (χ1) is 10.7. The summed E-state index contributed by atoms with van der Waals surface area (Å²) in [5, 5.41) is 7.89. The lowest BCUT2D eigenvalue weighted by molar-refractivity contribution is -0.890. The molecule has 23 heavy (non-hydrogen) atoms. The molecule has 1 N–H and O–H groups in total. The van der Waals surface area contributed by atoms with Crippen LogP contribution in [0.5, 0.6) is 0 Å². The number of hydrogen-bond acceptors (Lipinski definition) is 4. The summed E-state index contributed by atoms with van der Waals surface area (Å²) in [5.41, 5.74) is 0. The fraction of sp³-hybridized carbons (Fsp3) is 1.00. The molecule has 1 unspecified atom stereocenters. The second-order valence-corrected chi connectivity index (χ2v) is 8.97. The molecule has 1 atom stereocenters. The van der Waals surface area contributed by atoms with Gasteiger partial charge in [0.2, 0.25) is 0 Å². The molecule has 0 bridgehead atoms. The van der Waals surface area contributed by atoms with Crippen LogP contribution in [0.2, 0.25) is 0 Å². The first-order valence-electron chi connectivity index (χ1n) is 9.10. The molecule has 5 nitrogen and oxygen atoms in total. The summed E-state index contributed by atoms with van der Waals surface area (Å²) in [6, 6.07) is 0. The Balaban J connectivity index is 3.74. The van der Waals surface area contributed by atoms with Gasteiger partial charge in [-0.2, -0.15) is 0 Å². The summed E-state index contributed by atoms with van der Waals surface area (Å²) in [7, 11) is -0.580. The smallest absolute Gasteiger partial charge is 0.121 e. The summed E-state index contributed by atoms with van der Waals surface area (Å²) >= 11 is 0. The molecule has 0 amide bonds. The quantitative estimate of drug-likeness (QED) is 0.279. The molecule has 0 saturated carbocycles. The first kappa shape index (κ1) is 22.8. The normalized spacial score (nSPS) is 14.1. The number of unbranched alkanes of at least 4 members (excludes halogenated alkanes) is 9. The molecular weight excluding hydrogens is 314 g/mol. The van der Waals surface area contributed by atoms with Crippen LogP contribution in [0.1, 0.15) is 71.1 Å². The lowest BCUT2D eigenvalue weighted by Crippen LogP contribution is -2.49. The zero-order valence-electron chi connectivity index (χ0n) is 15.3. The minimum absolute atomic E-state index is 0.180. The molecule has 140 valence electrons. The van der Waals surface area contributed by atoms with Crippen LogP contribution in [0, 0.1) is 0 Å². The molecule has 0 radical (unpaired) electrons. The minimum atomic E-state index is -4.42. The van der Waals surface area contributed by atoms with Gasteiger partial charge in [0.05, 0.1) is 33.8 Å². The van der Waals surface area contributed by atoms with Gasteiger partial charge in [0.25, 0.3) is 0 Å². The van der Waals surface area contributed by atoms with Crippen LogP contribution in [0.15, 0.2) is 0 Å². The van der Waals surface area contributed by atoms with Gasteiger partial charge in [-0.15, -0.1) is 0 Å². The van der Waals surface area contributed by atoms with Crippen LogP contribution in [-0.2, 0) is 10.1 Å². The fourth-order valence-corrected chi connectivity index (χ4v) is 3.68. The van der Waals surface area contributed by atoms with Crippen molar-refractivity contribution in [2.24, 2.45) is 0 Å². The van der Waals surface area contributed by atoms with Gasteiger partial charge in [0.15, 0.2) is 0 Å². The average Bonchev–Trinajstić information content (AvgIpc) is 2.45. The summed E-state index contributed by atoms with van der Waals surface area (Å²) < 4.78 is 33.6.